The predicted molar refractivity (Wildman–Crippen MR) is 65.3 cm³/mol. The Balaban J connectivity index is 0.000000171. The molecule has 1 fully saturated rings. The van der Waals surface area contributed by atoms with E-state index >= 15 is 0 Å². The van der Waals surface area contributed by atoms with Crippen LogP contribution in [0.25, 0.3) is 0 Å². The lowest BCUT2D eigenvalue weighted by atomic mass is 9.98. The summed E-state index contributed by atoms with van der Waals surface area (Å²) in [6.07, 6.45) is 8.25. The van der Waals surface area contributed by atoms with Gasteiger partial charge in [-0.1, -0.05) is 19.3 Å². The van der Waals surface area contributed by atoms with Crippen LogP contribution in [0, 0.1) is 5.82 Å². The van der Waals surface area contributed by atoms with E-state index in [0.717, 1.165) is 6.20 Å². The van der Waals surface area contributed by atoms with Crippen LogP contribution >= 0.6 is 11.6 Å². The fraction of sp³-hybridized carbons (Fsp3) is 0.636. The van der Waals surface area contributed by atoms with E-state index in [1.54, 1.807) is 0 Å². The van der Waals surface area contributed by atoms with Gasteiger partial charge in [0.25, 0.3) is 0 Å². The molecule has 1 aromatic heterocycles. The molecule has 2 N–H and O–H groups in total. The number of anilines is 1. The highest BCUT2D eigenvalue weighted by atomic mass is 35.5. The molecular formula is C11H17ClFN3O. The van der Waals surface area contributed by atoms with Crippen LogP contribution in [-0.2, 0) is 4.74 Å². The van der Waals surface area contributed by atoms with Gasteiger partial charge < -0.3 is 10.5 Å². The first kappa shape index (κ1) is 14.1. The smallest absolute Gasteiger partial charge is 0.224 e. The van der Waals surface area contributed by atoms with Crippen LogP contribution in [0.3, 0.4) is 0 Å². The third-order valence-electron chi connectivity index (χ3n) is 2.63. The average molecular weight is 262 g/mol. The van der Waals surface area contributed by atoms with E-state index in [9.17, 15) is 4.39 Å². The highest BCUT2D eigenvalue weighted by molar-refractivity contribution is 6.28. The molecule has 4 nitrogen and oxygen atoms in total. The quantitative estimate of drug-likeness (QED) is 0.790. The van der Waals surface area contributed by atoms with Crippen molar-refractivity contribution in [1.29, 1.82) is 0 Å². The fourth-order valence-electron chi connectivity index (χ4n) is 1.66. The van der Waals surface area contributed by atoms with Crippen molar-refractivity contribution < 1.29 is 9.13 Å². The molecule has 0 amide bonds. The maximum absolute atomic E-state index is 12.2. The van der Waals surface area contributed by atoms with Gasteiger partial charge in [0.15, 0.2) is 11.6 Å². The maximum Gasteiger partial charge on any atom is 0.224 e. The van der Waals surface area contributed by atoms with Gasteiger partial charge in [0.05, 0.1) is 12.3 Å². The Morgan fingerprint density at radius 3 is 2.47 bits per heavy atom. The van der Waals surface area contributed by atoms with Gasteiger partial charge in [-0.25, -0.2) is 9.37 Å². The molecule has 2 rings (SSSR count). The van der Waals surface area contributed by atoms with Crippen LogP contribution in [0.1, 0.15) is 32.1 Å². The molecule has 0 bridgehead atoms. The summed E-state index contributed by atoms with van der Waals surface area (Å²) >= 11 is 5.25. The van der Waals surface area contributed by atoms with Gasteiger partial charge in [-0.2, -0.15) is 4.98 Å². The number of hydrogen-bond donors (Lipinski definition) is 1. The van der Waals surface area contributed by atoms with E-state index in [-0.39, 0.29) is 11.1 Å². The molecule has 96 valence electrons. The molecule has 6 heteroatoms. The minimum Gasteiger partial charge on any atom is -0.381 e. The number of methoxy groups -OCH3 is 1. The van der Waals surface area contributed by atoms with Crippen molar-refractivity contribution in [3.8, 4) is 0 Å². The lowest BCUT2D eigenvalue weighted by molar-refractivity contribution is 0.0710. The molecule has 0 unspecified atom stereocenters. The second-order valence-electron chi connectivity index (χ2n) is 3.87. The largest absolute Gasteiger partial charge is 0.381 e. The van der Waals surface area contributed by atoms with Crippen molar-refractivity contribution in [3.63, 3.8) is 0 Å². The van der Waals surface area contributed by atoms with E-state index in [0.29, 0.717) is 6.10 Å². The number of ether oxygens (including phenoxy) is 1. The molecule has 1 aliphatic rings. The first-order chi connectivity index (χ1) is 8.13. The van der Waals surface area contributed by atoms with Gasteiger partial charge in [0.2, 0.25) is 5.28 Å². The monoisotopic (exact) mass is 261 g/mol. The van der Waals surface area contributed by atoms with E-state index in [1.807, 2.05) is 7.11 Å². The Labute approximate surface area is 105 Å². The predicted octanol–water partition coefficient (Wildman–Crippen LogP) is 2.82. The van der Waals surface area contributed by atoms with Crippen LogP contribution in [0.4, 0.5) is 10.2 Å². The second-order valence-corrected chi connectivity index (χ2v) is 4.21. The summed E-state index contributed by atoms with van der Waals surface area (Å²) in [5.41, 5.74) is 5.01. The minimum atomic E-state index is -0.653. The number of aromatic nitrogens is 2. The number of rotatable bonds is 1. The molecule has 0 spiro atoms. The van der Waals surface area contributed by atoms with E-state index in [4.69, 9.17) is 22.1 Å². The first-order valence-electron chi connectivity index (χ1n) is 5.59. The van der Waals surface area contributed by atoms with Crippen LogP contribution in [0.2, 0.25) is 5.28 Å². The SMILES string of the molecule is COC1CCCCC1.Nc1nc(Cl)ncc1F. The highest BCUT2D eigenvalue weighted by Crippen LogP contribution is 2.19. The molecular weight excluding hydrogens is 245 g/mol. The van der Waals surface area contributed by atoms with Gasteiger partial charge in [-0.15, -0.1) is 0 Å². The summed E-state index contributed by atoms with van der Waals surface area (Å²) in [5, 5.41) is -0.0473. The van der Waals surface area contributed by atoms with Gasteiger partial charge in [0.1, 0.15) is 0 Å². The van der Waals surface area contributed by atoms with Crippen molar-refractivity contribution in [2.24, 2.45) is 0 Å². The lowest BCUT2D eigenvalue weighted by Crippen LogP contribution is -2.13. The highest BCUT2D eigenvalue weighted by Gasteiger charge is 2.10. The Morgan fingerprint density at radius 2 is 2.06 bits per heavy atom. The minimum absolute atomic E-state index is 0.0473. The lowest BCUT2D eigenvalue weighted by Gasteiger charge is -2.19. The number of nitrogens with two attached hydrogens (primary N) is 1. The number of halogens is 2. The van der Waals surface area contributed by atoms with E-state index < -0.39 is 5.82 Å². The number of nitrogens with zero attached hydrogens (tertiary/aromatic N) is 2. The maximum atomic E-state index is 12.2. The summed E-state index contributed by atoms with van der Waals surface area (Å²) in [4.78, 5) is 6.67. The Kier molecular flexibility index (Phi) is 6.15. The van der Waals surface area contributed by atoms with Gasteiger partial charge in [-0.3, -0.25) is 0 Å². The average Bonchev–Trinajstić information content (AvgIpc) is 2.36. The van der Waals surface area contributed by atoms with E-state index in [1.165, 1.54) is 32.1 Å². The van der Waals surface area contributed by atoms with Crippen molar-refractivity contribution in [2.75, 3.05) is 12.8 Å². The summed E-state index contributed by atoms with van der Waals surface area (Å²) in [6, 6.07) is 0. The topological polar surface area (TPSA) is 61.0 Å². The zero-order chi connectivity index (χ0) is 12.7. The van der Waals surface area contributed by atoms with Crippen LogP contribution in [0.5, 0.6) is 0 Å². The molecule has 0 atom stereocenters. The molecule has 17 heavy (non-hydrogen) atoms. The van der Waals surface area contributed by atoms with Crippen LogP contribution in [-0.4, -0.2) is 23.2 Å². The number of nitrogen functional groups attached to an aromatic ring is 1. The van der Waals surface area contributed by atoms with Crippen molar-refractivity contribution in [2.45, 2.75) is 38.2 Å². The summed E-state index contributed by atoms with van der Waals surface area (Å²) in [6.45, 7) is 0. The normalized spacial score (nSPS) is 16.2. The van der Waals surface area contributed by atoms with Crippen molar-refractivity contribution in [1.82, 2.24) is 9.97 Å². The Hall–Kier alpha value is -0.940. The van der Waals surface area contributed by atoms with Gasteiger partial charge in [0, 0.05) is 7.11 Å². The Bertz CT molecular complexity index is 345. The summed E-state index contributed by atoms with van der Waals surface area (Å²) in [7, 11) is 1.82. The Morgan fingerprint density at radius 1 is 1.41 bits per heavy atom. The standard InChI is InChI=1S/C7H14O.C4H3ClFN3/c1-8-7-5-3-2-4-6-7;5-4-8-1-2(6)3(7)9-4/h7H,2-6H2,1H3;1H,(H2,7,8,9). The fourth-order valence-corrected chi connectivity index (χ4v) is 1.80. The molecule has 1 heterocycles. The molecule has 0 aliphatic heterocycles. The van der Waals surface area contributed by atoms with Crippen molar-refractivity contribution >= 4 is 17.4 Å². The zero-order valence-electron chi connectivity index (χ0n) is 9.83. The van der Waals surface area contributed by atoms with Gasteiger partial charge in [-0.05, 0) is 24.4 Å². The molecule has 1 saturated carbocycles. The molecule has 1 aromatic rings. The zero-order valence-corrected chi connectivity index (χ0v) is 10.6. The third-order valence-corrected chi connectivity index (χ3v) is 2.81. The summed E-state index contributed by atoms with van der Waals surface area (Å²) in [5.74, 6) is -0.880. The molecule has 0 aromatic carbocycles. The molecule has 1 aliphatic carbocycles. The summed E-state index contributed by atoms with van der Waals surface area (Å²) < 4.78 is 17.4. The van der Waals surface area contributed by atoms with E-state index in [2.05, 4.69) is 9.97 Å². The van der Waals surface area contributed by atoms with Gasteiger partial charge >= 0.3 is 0 Å². The second kappa shape index (κ2) is 7.40. The molecule has 0 radical (unpaired) electrons. The van der Waals surface area contributed by atoms with Crippen LogP contribution in [0.15, 0.2) is 6.20 Å². The third kappa shape index (κ3) is 5.28. The number of hydrogen-bond acceptors (Lipinski definition) is 4. The first-order valence-corrected chi connectivity index (χ1v) is 5.97. The molecule has 0 saturated heterocycles. The van der Waals surface area contributed by atoms with Crippen molar-refractivity contribution in [3.05, 3.63) is 17.3 Å². The van der Waals surface area contributed by atoms with Crippen LogP contribution < -0.4 is 5.73 Å².